The van der Waals surface area contributed by atoms with Crippen LogP contribution in [0.4, 0.5) is 0 Å². The Morgan fingerprint density at radius 1 is 1.47 bits per heavy atom. The molecule has 1 aromatic carbocycles. The number of aryl methyl sites for hydroxylation is 1. The van der Waals surface area contributed by atoms with E-state index in [1.807, 2.05) is 13.0 Å². The van der Waals surface area contributed by atoms with E-state index >= 15 is 0 Å². The third-order valence-electron chi connectivity index (χ3n) is 3.28. The molecule has 0 aromatic heterocycles. The van der Waals surface area contributed by atoms with Gasteiger partial charge in [-0.15, -0.1) is 12.4 Å². The zero-order valence-electron chi connectivity index (χ0n) is 8.86. The van der Waals surface area contributed by atoms with Crippen molar-refractivity contribution in [3.63, 3.8) is 0 Å². The Hall–Kier alpha value is -1.02. The Morgan fingerprint density at radius 2 is 2.13 bits per heavy atom. The van der Waals surface area contributed by atoms with Crippen LogP contribution in [0.5, 0.6) is 0 Å². The maximum absolute atomic E-state index is 11.0. The average Bonchev–Trinajstić information content (AvgIpc) is 2.46. The van der Waals surface area contributed by atoms with Crippen molar-refractivity contribution in [1.29, 1.82) is 0 Å². The second kappa shape index (κ2) is 4.23. The van der Waals surface area contributed by atoms with E-state index in [1.54, 1.807) is 0 Å². The number of hydrogen-bond donors (Lipinski definition) is 1. The van der Waals surface area contributed by atoms with Crippen molar-refractivity contribution < 1.29 is 9.90 Å². The van der Waals surface area contributed by atoms with E-state index in [-0.39, 0.29) is 24.2 Å². The quantitative estimate of drug-likeness (QED) is 0.800. The average molecular weight is 227 g/mol. The molecule has 1 aromatic rings. The second-order valence-electron chi connectivity index (χ2n) is 4.08. The topological polar surface area (TPSA) is 37.3 Å². The van der Waals surface area contributed by atoms with E-state index in [1.165, 1.54) is 16.7 Å². The summed E-state index contributed by atoms with van der Waals surface area (Å²) in [6, 6.07) is 6.11. The Kier molecular flexibility index (Phi) is 3.40. The van der Waals surface area contributed by atoms with Crippen LogP contribution in [-0.4, -0.2) is 11.1 Å². The summed E-state index contributed by atoms with van der Waals surface area (Å²) >= 11 is 0. The molecule has 2 nitrogen and oxygen atoms in total. The maximum Gasteiger partial charge on any atom is 0.307 e. The summed E-state index contributed by atoms with van der Waals surface area (Å²) in [5, 5.41) is 9.05. The second-order valence-corrected chi connectivity index (χ2v) is 4.08. The standard InChI is InChI=1S/C12H14O2.ClH/c1-7-4-3-5-9-8(2)11(12(13)14)6-10(7)9;/h3-5,8,11H,6H2,1-2H3,(H,13,14);1H. The van der Waals surface area contributed by atoms with Gasteiger partial charge < -0.3 is 5.11 Å². The van der Waals surface area contributed by atoms with Gasteiger partial charge in [0, 0.05) is 0 Å². The fraction of sp³-hybridized carbons (Fsp3) is 0.417. The van der Waals surface area contributed by atoms with Gasteiger partial charge in [0.25, 0.3) is 0 Å². The highest BCUT2D eigenvalue weighted by Gasteiger charge is 2.34. The first-order valence-electron chi connectivity index (χ1n) is 4.92. The molecule has 1 aliphatic rings. The fourth-order valence-corrected chi connectivity index (χ4v) is 2.35. The van der Waals surface area contributed by atoms with Crippen molar-refractivity contribution in [2.75, 3.05) is 0 Å². The van der Waals surface area contributed by atoms with Crippen LogP contribution in [0.15, 0.2) is 18.2 Å². The molecule has 0 radical (unpaired) electrons. The van der Waals surface area contributed by atoms with E-state index in [0.717, 1.165) is 0 Å². The molecule has 1 N–H and O–H groups in total. The van der Waals surface area contributed by atoms with Crippen molar-refractivity contribution >= 4 is 18.4 Å². The minimum Gasteiger partial charge on any atom is -0.481 e. The van der Waals surface area contributed by atoms with Gasteiger partial charge in [-0.1, -0.05) is 25.1 Å². The number of carboxylic acids is 1. The van der Waals surface area contributed by atoms with Crippen LogP contribution in [0.3, 0.4) is 0 Å². The third kappa shape index (κ3) is 1.86. The van der Waals surface area contributed by atoms with Crippen LogP contribution in [-0.2, 0) is 11.2 Å². The van der Waals surface area contributed by atoms with Gasteiger partial charge in [0.2, 0.25) is 0 Å². The summed E-state index contributed by atoms with van der Waals surface area (Å²) in [6.45, 7) is 4.06. The predicted octanol–water partition coefficient (Wildman–Crippen LogP) is 2.78. The van der Waals surface area contributed by atoms with Gasteiger partial charge >= 0.3 is 5.97 Å². The van der Waals surface area contributed by atoms with E-state index in [2.05, 4.69) is 19.1 Å². The van der Waals surface area contributed by atoms with Gasteiger partial charge in [-0.2, -0.15) is 0 Å². The molecule has 82 valence electrons. The third-order valence-corrected chi connectivity index (χ3v) is 3.28. The lowest BCUT2D eigenvalue weighted by Gasteiger charge is -2.09. The molecule has 15 heavy (non-hydrogen) atoms. The van der Waals surface area contributed by atoms with Crippen molar-refractivity contribution in [3.8, 4) is 0 Å². The fourth-order valence-electron chi connectivity index (χ4n) is 2.35. The summed E-state index contributed by atoms with van der Waals surface area (Å²) in [7, 11) is 0. The normalized spacial score (nSPS) is 23.1. The lowest BCUT2D eigenvalue weighted by atomic mass is 9.95. The van der Waals surface area contributed by atoms with Crippen LogP contribution in [0.25, 0.3) is 0 Å². The number of hydrogen-bond acceptors (Lipinski definition) is 1. The molecule has 0 saturated carbocycles. The van der Waals surface area contributed by atoms with E-state index in [4.69, 9.17) is 5.11 Å². The highest BCUT2D eigenvalue weighted by molar-refractivity contribution is 5.85. The van der Waals surface area contributed by atoms with E-state index in [0.29, 0.717) is 6.42 Å². The molecule has 2 rings (SSSR count). The molecule has 2 unspecified atom stereocenters. The van der Waals surface area contributed by atoms with Crippen LogP contribution in [0.1, 0.15) is 29.5 Å². The van der Waals surface area contributed by atoms with Crippen molar-refractivity contribution in [2.45, 2.75) is 26.2 Å². The molecule has 2 atom stereocenters. The lowest BCUT2D eigenvalue weighted by molar-refractivity contribution is -0.142. The van der Waals surface area contributed by atoms with Gasteiger partial charge in [-0.25, -0.2) is 0 Å². The first kappa shape index (κ1) is 12.1. The molecule has 0 bridgehead atoms. The van der Waals surface area contributed by atoms with Crippen LogP contribution >= 0.6 is 12.4 Å². The van der Waals surface area contributed by atoms with Gasteiger partial charge in [-0.3, -0.25) is 4.79 Å². The Balaban J connectivity index is 0.00000112. The first-order valence-corrected chi connectivity index (χ1v) is 4.92. The first-order chi connectivity index (χ1) is 6.61. The smallest absolute Gasteiger partial charge is 0.307 e. The van der Waals surface area contributed by atoms with Crippen molar-refractivity contribution in [1.82, 2.24) is 0 Å². The number of rotatable bonds is 1. The Bertz CT molecular complexity index is 387. The summed E-state index contributed by atoms with van der Waals surface area (Å²) in [6.07, 6.45) is 0.693. The van der Waals surface area contributed by atoms with Crippen molar-refractivity contribution in [2.24, 2.45) is 5.92 Å². The number of fused-ring (bicyclic) bond motifs is 1. The van der Waals surface area contributed by atoms with Crippen molar-refractivity contribution in [3.05, 3.63) is 34.9 Å². The minimum atomic E-state index is -0.673. The largest absolute Gasteiger partial charge is 0.481 e. The molecule has 0 heterocycles. The zero-order chi connectivity index (χ0) is 10.3. The molecule has 0 aliphatic heterocycles. The lowest BCUT2D eigenvalue weighted by Crippen LogP contribution is -2.16. The molecule has 0 amide bonds. The van der Waals surface area contributed by atoms with Crippen LogP contribution < -0.4 is 0 Å². The summed E-state index contributed by atoms with van der Waals surface area (Å²) in [5.41, 5.74) is 3.68. The summed E-state index contributed by atoms with van der Waals surface area (Å²) in [5.74, 6) is -0.749. The minimum absolute atomic E-state index is 0. The van der Waals surface area contributed by atoms with E-state index < -0.39 is 5.97 Å². The van der Waals surface area contributed by atoms with Gasteiger partial charge in [0.1, 0.15) is 0 Å². The van der Waals surface area contributed by atoms with Crippen LogP contribution in [0.2, 0.25) is 0 Å². The van der Waals surface area contributed by atoms with Crippen LogP contribution in [0, 0.1) is 12.8 Å². The summed E-state index contributed by atoms with van der Waals surface area (Å²) in [4.78, 5) is 11.0. The molecule has 0 saturated heterocycles. The van der Waals surface area contributed by atoms with E-state index in [9.17, 15) is 4.79 Å². The molecular weight excluding hydrogens is 212 g/mol. The number of carbonyl (C=O) groups is 1. The highest BCUT2D eigenvalue weighted by atomic mass is 35.5. The number of aliphatic carboxylic acids is 1. The predicted molar refractivity (Wildman–Crippen MR) is 61.7 cm³/mol. The molecule has 0 fully saturated rings. The zero-order valence-corrected chi connectivity index (χ0v) is 9.67. The molecular formula is C12H15ClO2. The Labute approximate surface area is 95.7 Å². The molecule has 3 heteroatoms. The van der Waals surface area contributed by atoms with Gasteiger partial charge in [-0.05, 0) is 36.0 Å². The monoisotopic (exact) mass is 226 g/mol. The molecule has 0 spiro atoms. The number of benzene rings is 1. The highest BCUT2D eigenvalue weighted by Crippen LogP contribution is 2.38. The van der Waals surface area contributed by atoms with Gasteiger partial charge in [0.15, 0.2) is 0 Å². The Morgan fingerprint density at radius 3 is 2.67 bits per heavy atom. The number of halogens is 1. The number of carboxylic acid groups (broad SMARTS) is 1. The molecule has 1 aliphatic carbocycles. The summed E-state index contributed by atoms with van der Waals surface area (Å²) < 4.78 is 0. The SMILES string of the molecule is Cc1cccc2c1CC(C(=O)O)C2C.Cl. The van der Waals surface area contributed by atoms with Gasteiger partial charge in [0.05, 0.1) is 5.92 Å². The maximum atomic E-state index is 11.0.